The van der Waals surface area contributed by atoms with Gasteiger partial charge >= 0.3 is 0 Å². The van der Waals surface area contributed by atoms with E-state index in [1.165, 1.54) is 0 Å². The number of hydrogen-bond donors (Lipinski definition) is 1. The van der Waals surface area contributed by atoms with Gasteiger partial charge in [0.1, 0.15) is 11.3 Å². The van der Waals surface area contributed by atoms with Gasteiger partial charge in [0.25, 0.3) is 0 Å². The molecular formula is C21H23ClN4O. The van der Waals surface area contributed by atoms with E-state index >= 15 is 0 Å². The SMILES string of the molecule is CCN1CCN(C(c2ccccn2)c2cc(Cl)c3cccnc3c2O)CC1. The Hall–Kier alpha value is -2.21. The maximum absolute atomic E-state index is 11.0. The van der Waals surface area contributed by atoms with Crippen LogP contribution in [0.15, 0.2) is 48.8 Å². The fourth-order valence-electron chi connectivity index (χ4n) is 3.83. The second-order valence-electron chi connectivity index (χ2n) is 6.82. The average Bonchev–Trinajstić information content (AvgIpc) is 2.73. The van der Waals surface area contributed by atoms with E-state index in [0.717, 1.165) is 49.4 Å². The minimum atomic E-state index is -0.158. The van der Waals surface area contributed by atoms with Crippen molar-refractivity contribution in [3.05, 3.63) is 65.1 Å². The van der Waals surface area contributed by atoms with Crippen molar-refractivity contribution in [3.63, 3.8) is 0 Å². The molecule has 5 nitrogen and oxygen atoms in total. The second-order valence-corrected chi connectivity index (χ2v) is 7.23. The van der Waals surface area contributed by atoms with Crippen LogP contribution in [0.1, 0.15) is 24.2 Å². The lowest BCUT2D eigenvalue weighted by molar-refractivity contribution is 0.111. The van der Waals surface area contributed by atoms with Crippen LogP contribution in [0, 0.1) is 0 Å². The summed E-state index contributed by atoms with van der Waals surface area (Å²) < 4.78 is 0. The Morgan fingerprint density at radius 3 is 2.56 bits per heavy atom. The highest BCUT2D eigenvalue weighted by molar-refractivity contribution is 6.35. The minimum Gasteiger partial charge on any atom is -0.505 e. The standard InChI is InChI=1S/C21H23ClN4O/c1-2-25-10-12-26(13-11-25)20(18-7-3-4-8-23-18)16-14-17(22)15-6-5-9-24-19(15)21(16)27/h3-9,14,20,27H,2,10-13H2,1H3. The molecule has 0 aliphatic carbocycles. The highest BCUT2D eigenvalue weighted by atomic mass is 35.5. The quantitative estimate of drug-likeness (QED) is 0.745. The van der Waals surface area contributed by atoms with Crippen molar-refractivity contribution in [3.8, 4) is 5.75 Å². The predicted molar refractivity (Wildman–Crippen MR) is 108 cm³/mol. The fraction of sp³-hybridized carbons (Fsp3) is 0.333. The molecule has 2 aromatic heterocycles. The highest BCUT2D eigenvalue weighted by Gasteiger charge is 2.30. The molecule has 140 valence electrons. The summed E-state index contributed by atoms with van der Waals surface area (Å²) in [6.07, 6.45) is 3.47. The normalized spacial score (nSPS) is 17.3. The summed E-state index contributed by atoms with van der Waals surface area (Å²) in [5, 5.41) is 12.4. The number of benzene rings is 1. The van der Waals surface area contributed by atoms with Crippen LogP contribution in [0.4, 0.5) is 0 Å². The Morgan fingerprint density at radius 2 is 1.85 bits per heavy atom. The summed E-state index contributed by atoms with van der Waals surface area (Å²) in [6, 6.07) is 11.3. The van der Waals surface area contributed by atoms with Gasteiger partial charge in [-0.05, 0) is 36.9 Å². The molecule has 1 atom stereocenters. The summed E-state index contributed by atoms with van der Waals surface area (Å²) in [6.45, 7) is 7.06. The van der Waals surface area contributed by atoms with Crippen LogP contribution in [0.25, 0.3) is 10.9 Å². The van der Waals surface area contributed by atoms with Gasteiger partial charge in [-0.1, -0.05) is 24.6 Å². The lowest BCUT2D eigenvalue weighted by Crippen LogP contribution is -2.47. The third kappa shape index (κ3) is 3.50. The van der Waals surface area contributed by atoms with Gasteiger partial charge in [-0.25, -0.2) is 0 Å². The maximum Gasteiger partial charge on any atom is 0.147 e. The van der Waals surface area contributed by atoms with E-state index in [0.29, 0.717) is 10.5 Å². The summed E-state index contributed by atoms with van der Waals surface area (Å²) in [4.78, 5) is 13.8. The number of rotatable bonds is 4. The van der Waals surface area contributed by atoms with E-state index in [2.05, 4.69) is 26.7 Å². The zero-order valence-electron chi connectivity index (χ0n) is 15.3. The zero-order valence-corrected chi connectivity index (χ0v) is 16.1. The molecule has 27 heavy (non-hydrogen) atoms. The van der Waals surface area contributed by atoms with Crippen molar-refractivity contribution in [1.29, 1.82) is 0 Å². The minimum absolute atomic E-state index is 0.158. The molecule has 3 heterocycles. The number of likely N-dealkylation sites (N-methyl/N-ethyl adjacent to an activating group) is 1. The number of phenolic OH excluding ortho intramolecular Hbond substituents is 1. The van der Waals surface area contributed by atoms with E-state index in [1.807, 2.05) is 36.4 Å². The fourth-order valence-corrected chi connectivity index (χ4v) is 4.10. The summed E-state index contributed by atoms with van der Waals surface area (Å²) >= 11 is 6.55. The van der Waals surface area contributed by atoms with Gasteiger partial charge in [0.15, 0.2) is 0 Å². The Balaban J connectivity index is 1.82. The van der Waals surface area contributed by atoms with Gasteiger partial charge < -0.3 is 10.0 Å². The molecule has 6 heteroatoms. The van der Waals surface area contributed by atoms with Crippen LogP contribution in [-0.4, -0.2) is 57.6 Å². The number of fused-ring (bicyclic) bond motifs is 1. The first-order chi connectivity index (χ1) is 13.2. The maximum atomic E-state index is 11.0. The first-order valence-corrected chi connectivity index (χ1v) is 9.70. The van der Waals surface area contributed by atoms with Crippen molar-refractivity contribution < 1.29 is 5.11 Å². The van der Waals surface area contributed by atoms with Crippen molar-refractivity contribution >= 4 is 22.5 Å². The van der Waals surface area contributed by atoms with Crippen LogP contribution in [-0.2, 0) is 0 Å². The Labute approximate surface area is 164 Å². The molecule has 0 amide bonds. The molecule has 0 saturated carbocycles. The summed E-state index contributed by atoms with van der Waals surface area (Å²) in [5.74, 6) is 0.184. The molecule has 1 aliphatic heterocycles. The van der Waals surface area contributed by atoms with Gasteiger partial charge in [-0.15, -0.1) is 0 Å². The molecular weight excluding hydrogens is 360 g/mol. The first-order valence-electron chi connectivity index (χ1n) is 9.32. The molecule has 0 radical (unpaired) electrons. The lowest BCUT2D eigenvalue weighted by Gasteiger charge is -2.39. The summed E-state index contributed by atoms with van der Waals surface area (Å²) in [5.41, 5.74) is 2.20. The van der Waals surface area contributed by atoms with E-state index in [-0.39, 0.29) is 11.8 Å². The first kappa shape index (κ1) is 18.2. The molecule has 4 rings (SSSR count). The van der Waals surface area contributed by atoms with Crippen molar-refractivity contribution in [2.45, 2.75) is 13.0 Å². The van der Waals surface area contributed by atoms with Crippen molar-refractivity contribution in [1.82, 2.24) is 19.8 Å². The second kappa shape index (κ2) is 7.80. The van der Waals surface area contributed by atoms with Crippen molar-refractivity contribution in [2.24, 2.45) is 0 Å². The van der Waals surface area contributed by atoms with Gasteiger partial charge in [0, 0.05) is 49.5 Å². The average molecular weight is 383 g/mol. The largest absolute Gasteiger partial charge is 0.505 e. The molecule has 1 saturated heterocycles. The van der Waals surface area contributed by atoms with Gasteiger partial charge in [-0.2, -0.15) is 0 Å². The smallest absolute Gasteiger partial charge is 0.147 e. The number of pyridine rings is 2. The van der Waals surface area contributed by atoms with Gasteiger partial charge in [-0.3, -0.25) is 14.9 Å². The Bertz CT molecular complexity index is 926. The number of halogens is 1. The number of aromatic hydroxyl groups is 1. The van der Waals surface area contributed by atoms with Crippen LogP contribution in [0.5, 0.6) is 5.75 Å². The predicted octanol–water partition coefficient (Wildman–Crippen LogP) is 3.72. The molecule has 0 bridgehead atoms. The van der Waals surface area contributed by atoms with Crippen LogP contribution in [0.3, 0.4) is 0 Å². The Morgan fingerprint density at radius 1 is 1.07 bits per heavy atom. The molecule has 1 N–H and O–H groups in total. The van der Waals surface area contributed by atoms with E-state index < -0.39 is 0 Å². The van der Waals surface area contributed by atoms with Gasteiger partial charge in [0.2, 0.25) is 0 Å². The lowest BCUT2D eigenvalue weighted by atomic mass is 9.97. The van der Waals surface area contributed by atoms with E-state index in [4.69, 9.17) is 11.6 Å². The van der Waals surface area contributed by atoms with Crippen molar-refractivity contribution in [2.75, 3.05) is 32.7 Å². The molecule has 3 aromatic rings. The monoisotopic (exact) mass is 382 g/mol. The highest BCUT2D eigenvalue weighted by Crippen LogP contribution is 2.40. The number of piperazine rings is 1. The van der Waals surface area contributed by atoms with Crippen LogP contribution >= 0.6 is 11.6 Å². The Kier molecular flexibility index (Phi) is 5.25. The number of phenols is 1. The number of nitrogens with zero attached hydrogens (tertiary/aromatic N) is 4. The molecule has 1 unspecified atom stereocenters. The van der Waals surface area contributed by atoms with Crippen LogP contribution in [0.2, 0.25) is 5.02 Å². The topological polar surface area (TPSA) is 52.5 Å². The summed E-state index contributed by atoms with van der Waals surface area (Å²) in [7, 11) is 0. The third-order valence-electron chi connectivity index (χ3n) is 5.33. The number of aromatic nitrogens is 2. The zero-order chi connectivity index (χ0) is 18.8. The molecule has 1 aliphatic rings. The number of hydrogen-bond acceptors (Lipinski definition) is 5. The van der Waals surface area contributed by atoms with Crippen LogP contribution < -0.4 is 0 Å². The molecule has 1 aromatic carbocycles. The molecule has 0 spiro atoms. The van der Waals surface area contributed by atoms with Gasteiger partial charge in [0.05, 0.1) is 16.8 Å². The van der Waals surface area contributed by atoms with E-state index in [9.17, 15) is 5.11 Å². The third-order valence-corrected chi connectivity index (χ3v) is 5.64. The van der Waals surface area contributed by atoms with E-state index in [1.54, 1.807) is 12.4 Å². The molecule has 1 fully saturated rings.